The van der Waals surface area contributed by atoms with Gasteiger partial charge in [0.1, 0.15) is 0 Å². The first-order chi connectivity index (χ1) is 16.3. The molecule has 1 N–H and O–H groups in total. The van der Waals surface area contributed by atoms with Gasteiger partial charge in [-0.1, -0.05) is 36.4 Å². The van der Waals surface area contributed by atoms with E-state index in [1.54, 1.807) is 0 Å². The molecule has 158 valence electrons. The Bertz CT molecular complexity index is 1350. The summed E-state index contributed by atoms with van der Waals surface area (Å²) in [5.74, 6) is -0.120. The van der Waals surface area contributed by atoms with Crippen LogP contribution in [0.15, 0.2) is 134 Å². The molecular weight excluding hydrogens is 406 g/mol. The highest BCUT2D eigenvalue weighted by Gasteiger charge is 2.11. The third-order valence-corrected chi connectivity index (χ3v) is 5.51. The Labute approximate surface area is 193 Å². The number of nitrogens with zero attached hydrogens (tertiary/aromatic N) is 2. The minimum absolute atomic E-state index is 0.120. The van der Waals surface area contributed by atoms with E-state index in [4.69, 9.17) is 0 Å². The van der Waals surface area contributed by atoms with Gasteiger partial charge in [0.05, 0.1) is 0 Å². The summed E-state index contributed by atoms with van der Waals surface area (Å²) in [5.41, 5.74) is 5.83. The molecule has 0 saturated heterocycles. The van der Waals surface area contributed by atoms with E-state index in [1.807, 2.05) is 89.8 Å². The summed E-state index contributed by atoms with van der Waals surface area (Å²) in [6.07, 6.45) is 8.22. The number of amides is 1. The molecule has 0 fully saturated rings. The van der Waals surface area contributed by atoms with Crippen molar-refractivity contribution in [2.45, 2.75) is 0 Å². The zero-order valence-corrected chi connectivity index (χ0v) is 18.0. The number of pyridine rings is 2. The van der Waals surface area contributed by atoms with E-state index < -0.39 is 0 Å². The van der Waals surface area contributed by atoms with Crippen molar-refractivity contribution in [1.82, 2.24) is 0 Å². The van der Waals surface area contributed by atoms with Gasteiger partial charge >= 0.3 is 0 Å². The molecule has 0 aliphatic carbocycles. The molecule has 0 bridgehead atoms. The van der Waals surface area contributed by atoms with Crippen LogP contribution in [-0.4, -0.2) is 5.91 Å². The number of nitrogens with one attached hydrogen (secondary N) is 1. The van der Waals surface area contributed by atoms with E-state index in [1.165, 1.54) is 0 Å². The maximum absolute atomic E-state index is 12.5. The van der Waals surface area contributed by atoms with Crippen LogP contribution in [0.4, 0.5) is 5.69 Å². The maximum Gasteiger partial charge on any atom is 0.255 e. The third-order valence-electron chi connectivity index (χ3n) is 5.51. The number of para-hydroxylation sites is 2. The molecule has 5 rings (SSSR count). The lowest BCUT2D eigenvalue weighted by molar-refractivity contribution is -0.596. The first-order valence-corrected chi connectivity index (χ1v) is 10.8. The number of hydrogen-bond acceptors (Lipinski definition) is 1. The lowest BCUT2D eigenvalue weighted by Crippen LogP contribution is -2.29. The fourth-order valence-corrected chi connectivity index (χ4v) is 3.69. The molecule has 4 heteroatoms. The summed E-state index contributed by atoms with van der Waals surface area (Å²) in [7, 11) is 0. The van der Waals surface area contributed by atoms with Gasteiger partial charge < -0.3 is 5.32 Å². The first-order valence-electron chi connectivity index (χ1n) is 10.8. The van der Waals surface area contributed by atoms with Crippen LogP contribution in [0, 0.1) is 0 Å². The normalized spacial score (nSPS) is 10.5. The van der Waals surface area contributed by atoms with Crippen molar-refractivity contribution in [3.63, 3.8) is 0 Å². The molecule has 0 aliphatic heterocycles. The van der Waals surface area contributed by atoms with Gasteiger partial charge in [0, 0.05) is 59.8 Å². The molecule has 0 atom stereocenters. The zero-order valence-electron chi connectivity index (χ0n) is 18.0. The number of anilines is 1. The Balaban J connectivity index is 1.29. The summed E-state index contributed by atoms with van der Waals surface area (Å²) in [6, 6.07) is 35.7. The van der Waals surface area contributed by atoms with Gasteiger partial charge in [-0.3, -0.25) is 4.79 Å². The molecule has 3 aromatic carbocycles. The number of benzene rings is 3. The third kappa shape index (κ3) is 4.70. The monoisotopic (exact) mass is 429 g/mol. The van der Waals surface area contributed by atoms with Gasteiger partial charge in [0.2, 0.25) is 11.4 Å². The fourth-order valence-electron chi connectivity index (χ4n) is 3.69. The van der Waals surface area contributed by atoms with Crippen LogP contribution >= 0.6 is 0 Å². The second-order valence-corrected chi connectivity index (χ2v) is 7.69. The van der Waals surface area contributed by atoms with Gasteiger partial charge in [-0.15, -0.1) is 0 Å². The van der Waals surface area contributed by atoms with Crippen molar-refractivity contribution in [3.8, 4) is 22.5 Å². The summed E-state index contributed by atoms with van der Waals surface area (Å²) in [4.78, 5) is 12.5. The van der Waals surface area contributed by atoms with Gasteiger partial charge in [-0.05, 0) is 35.4 Å². The van der Waals surface area contributed by atoms with E-state index in [2.05, 4.69) is 58.7 Å². The van der Waals surface area contributed by atoms with Crippen LogP contribution in [0.3, 0.4) is 0 Å². The SMILES string of the molecule is O=C(Nc1ccccc1)c1ccc(-[n+]2ccc(-c3cc[n+](-c4ccccc4)cc3)cc2)cc1. The highest BCUT2D eigenvalue weighted by molar-refractivity contribution is 6.04. The Kier molecular flexibility index (Phi) is 5.72. The maximum atomic E-state index is 12.5. The van der Waals surface area contributed by atoms with E-state index in [0.717, 1.165) is 28.2 Å². The van der Waals surface area contributed by atoms with E-state index >= 15 is 0 Å². The molecule has 0 radical (unpaired) electrons. The van der Waals surface area contributed by atoms with Crippen LogP contribution in [0.5, 0.6) is 0 Å². The van der Waals surface area contributed by atoms with Crippen LogP contribution in [0.25, 0.3) is 22.5 Å². The topological polar surface area (TPSA) is 36.9 Å². The van der Waals surface area contributed by atoms with Gasteiger partial charge in [0.15, 0.2) is 24.8 Å². The summed E-state index contributed by atoms with van der Waals surface area (Å²) in [5, 5.41) is 2.91. The van der Waals surface area contributed by atoms with E-state index in [0.29, 0.717) is 5.56 Å². The molecule has 0 saturated carbocycles. The Hall–Kier alpha value is -4.57. The molecule has 0 aliphatic rings. The molecule has 0 spiro atoms. The van der Waals surface area contributed by atoms with Crippen LogP contribution in [-0.2, 0) is 0 Å². The molecule has 33 heavy (non-hydrogen) atoms. The second-order valence-electron chi connectivity index (χ2n) is 7.69. The lowest BCUT2D eigenvalue weighted by atomic mass is 10.1. The van der Waals surface area contributed by atoms with Crippen LogP contribution < -0.4 is 14.5 Å². The van der Waals surface area contributed by atoms with Crippen molar-refractivity contribution in [3.05, 3.63) is 140 Å². The standard InChI is InChI=1S/C29H22N3O/c33-29(30-26-7-3-1-4-8-26)25-11-13-28(14-12-25)32-21-17-24(18-22-32)23-15-19-31(20-16-23)27-9-5-2-6-10-27/h1-22H/q+1/p+1. The number of carbonyl (C=O) groups is 1. The molecule has 0 unspecified atom stereocenters. The van der Waals surface area contributed by atoms with Gasteiger partial charge in [-0.2, -0.15) is 9.13 Å². The summed E-state index contributed by atoms with van der Waals surface area (Å²) < 4.78 is 4.14. The van der Waals surface area contributed by atoms with Crippen molar-refractivity contribution < 1.29 is 13.9 Å². The lowest BCUT2D eigenvalue weighted by Gasteiger charge is -2.05. The predicted molar refractivity (Wildman–Crippen MR) is 129 cm³/mol. The van der Waals surface area contributed by atoms with Crippen LogP contribution in [0.2, 0.25) is 0 Å². The van der Waals surface area contributed by atoms with Crippen molar-refractivity contribution in [2.24, 2.45) is 0 Å². The predicted octanol–water partition coefficient (Wildman–Crippen LogP) is 5.16. The quantitative estimate of drug-likeness (QED) is 0.385. The largest absolute Gasteiger partial charge is 0.322 e. The van der Waals surface area contributed by atoms with Crippen molar-refractivity contribution in [1.29, 1.82) is 0 Å². The Morgan fingerprint density at radius 2 is 0.970 bits per heavy atom. The molecule has 4 nitrogen and oxygen atoms in total. The molecule has 2 aromatic heterocycles. The van der Waals surface area contributed by atoms with E-state index in [-0.39, 0.29) is 5.91 Å². The minimum atomic E-state index is -0.120. The average Bonchev–Trinajstić information content (AvgIpc) is 2.90. The first kappa shape index (κ1) is 20.3. The summed E-state index contributed by atoms with van der Waals surface area (Å²) in [6.45, 7) is 0. The molecule has 5 aromatic rings. The fraction of sp³-hybridized carbons (Fsp3) is 0. The Morgan fingerprint density at radius 1 is 0.515 bits per heavy atom. The number of aromatic nitrogens is 2. The highest BCUT2D eigenvalue weighted by atomic mass is 16.1. The average molecular weight is 430 g/mol. The Morgan fingerprint density at radius 3 is 1.48 bits per heavy atom. The molecule has 2 heterocycles. The van der Waals surface area contributed by atoms with Gasteiger partial charge in [0.25, 0.3) is 5.91 Å². The van der Waals surface area contributed by atoms with Crippen LogP contribution in [0.1, 0.15) is 10.4 Å². The second kappa shape index (κ2) is 9.28. The zero-order chi connectivity index (χ0) is 22.5. The number of rotatable bonds is 5. The van der Waals surface area contributed by atoms with Crippen molar-refractivity contribution >= 4 is 11.6 Å². The summed E-state index contributed by atoms with van der Waals surface area (Å²) >= 11 is 0. The number of carbonyl (C=O) groups excluding carboxylic acids is 1. The molecule has 1 amide bonds. The smallest absolute Gasteiger partial charge is 0.255 e. The minimum Gasteiger partial charge on any atom is -0.322 e. The van der Waals surface area contributed by atoms with Gasteiger partial charge in [-0.25, -0.2) is 0 Å². The van der Waals surface area contributed by atoms with Crippen molar-refractivity contribution in [2.75, 3.05) is 5.32 Å². The molecular formula is C29H23N3O+2. The highest BCUT2D eigenvalue weighted by Crippen LogP contribution is 2.17. The van der Waals surface area contributed by atoms with E-state index in [9.17, 15) is 4.79 Å². The number of hydrogen-bond donors (Lipinski definition) is 1.